The molecule has 0 radical (unpaired) electrons. The first-order valence-corrected chi connectivity index (χ1v) is 5.27. The van der Waals surface area contributed by atoms with Crippen LogP contribution in [0.2, 0.25) is 0 Å². The summed E-state index contributed by atoms with van der Waals surface area (Å²) in [6.07, 6.45) is 1.92. The van der Waals surface area contributed by atoms with E-state index < -0.39 is 0 Å². The molecule has 2 aliphatic heterocycles. The van der Waals surface area contributed by atoms with Crippen molar-refractivity contribution < 1.29 is 4.79 Å². The number of carbonyl (C=O) groups excluding carboxylic acids is 1. The molecule has 11 heavy (non-hydrogen) atoms. The van der Waals surface area contributed by atoms with E-state index in [1.165, 1.54) is 12.2 Å². The van der Waals surface area contributed by atoms with Crippen molar-refractivity contribution in [2.24, 2.45) is 0 Å². The minimum Gasteiger partial charge on any atom is -0.338 e. The maximum atomic E-state index is 11.3. The summed E-state index contributed by atoms with van der Waals surface area (Å²) in [4.78, 5) is 13.4. The molecule has 1 amide bonds. The second-order valence-corrected chi connectivity index (χ2v) is 4.58. The number of rotatable bonds is 1. The molecule has 0 saturated carbocycles. The van der Waals surface area contributed by atoms with Gasteiger partial charge in [-0.15, -0.1) is 0 Å². The van der Waals surface area contributed by atoms with E-state index in [0.717, 1.165) is 11.8 Å². The molecule has 0 aromatic carbocycles. The van der Waals surface area contributed by atoms with E-state index in [9.17, 15) is 4.79 Å². The molecule has 0 N–H and O–H groups in total. The van der Waals surface area contributed by atoms with Crippen LogP contribution in [0.25, 0.3) is 0 Å². The minimum absolute atomic E-state index is 0.345. The predicted molar refractivity (Wildman–Crippen MR) is 46.7 cm³/mol. The van der Waals surface area contributed by atoms with Crippen molar-refractivity contribution in [3.05, 3.63) is 0 Å². The van der Waals surface area contributed by atoms with E-state index in [0.29, 0.717) is 18.4 Å². The summed E-state index contributed by atoms with van der Waals surface area (Å²) in [7, 11) is 0. The standard InChI is InChI=1S/C8H13NOS/c1-2-8(10)9-4-7-3-6(9)5-11-7/h6-7H,2-5H2,1H3. The van der Waals surface area contributed by atoms with Crippen molar-refractivity contribution >= 4 is 17.7 Å². The molecule has 2 heterocycles. The van der Waals surface area contributed by atoms with Gasteiger partial charge in [0.15, 0.2) is 0 Å². The van der Waals surface area contributed by atoms with Gasteiger partial charge in [0.25, 0.3) is 0 Å². The predicted octanol–water partition coefficient (Wildman–Crippen LogP) is 1.11. The van der Waals surface area contributed by atoms with Gasteiger partial charge in [-0.3, -0.25) is 4.79 Å². The highest BCUT2D eigenvalue weighted by molar-refractivity contribution is 8.00. The zero-order valence-electron chi connectivity index (χ0n) is 6.75. The third kappa shape index (κ3) is 1.15. The normalized spacial score (nSPS) is 34.8. The maximum Gasteiger partial charge on any atom is 0.222 e. The first-order valence-electron chi connectivity index (χ1n) is 4.22. The third-order valence-corrected chi connectivity index (χ3v) is 3.91. The van der Waals surface area contributed by atoms with E-state index >= 15 is 0 Å². The lowest BCUT2D eigenvalue weighted by molar-refractivity contribution is -0.131. The fourth-order valence-corrected chi connectivity index (χ4v) is 3.34. The Kier molecular flexibility index (Phi) is 1.83. The highest BCUT2D eigenvalue weighted by Crippen LogP contribution is 2.37. The Hall–Kier alpha value is -0.180. The number of fused-ring (bicyclic) bond motifs is 2. The highest BCUT2D eigenvalue weighted by Gasteiger charge is 2.40. The molecule has 0 aliphatic carbocycles. The molecule has 2 rings (SSSR count). The van der Waals surface area contributed by atoms with Crippen LogP contribution in [0.5, 0.6) is 0 Å². The molecule has 62 valence electrons. The van der Waals surface area contributed by atoms with Gasteiger partial charge in [0.1, 0.15) is 0 Å². The first kappa shape index (κ1) is 7.47. The molecule has 0 spiro atoms. The van der Waals surface area contributed by atoms with Crippen LogP contribution in [0, 0.1) is 0 Å². The van der Waals surface area contributed by atoms with Crippen molar-refractivity contribution in [1.82, 2.24) is 4.90 Å². The summed E-state index contributed by atoms with van der Waals surface area (Å²) < 4.78 is 0. The Bertz CT molecular complexity index is 183. The van der Waals surface area contributed by atoms with Gasteiger partial charge in [0, 0.05) is 30.0 Å². The largest absolute Gasteiger partial charge is 0.338 e. The van der Waals surface area contributed by atoms with Crippen molar-refractivity contribution in [3.63, 3.8) is 0 Å². The number of carbonyl (C=O) groups is 1. The maximum absolute atomic E-state index is 11.3. The molecule has 2 aliphatic rings. The van der Waals surface area contributed by atoms with Crippen LogP contribution in [-0.2, 0) is 4.79 Å². The molecule has 2 atom stereocenters. The lowest BCUT2D eigenvalue weighted by Gasteiger charge is -2.26. The van der Waals surface area contributed by atoms with Gasteiger partial charge in [-0.1, -0.05) is 6.92 Å². The lowest BCUT2D eigenvalue weighted by atomic mass is 10.2. The van der Waals surface area contributed by atoms with Crippen molar-refractivity contribution in [1.29, 1.82) is 0 Å². The number of thioether (sulfide) groups is 1. The van der Waals surface area contributed by atoms with Gasteiger partial charge >= 0.3 is 0 Å². The monoisotopic (exact) mass is 171 g/mol. The van der Waals surface area contributed by atoms with Crippen LogP contribution in [0.4, 0.5) is 0 Å². The average molecular weight is 171 g/mol. The van der Waals surface area contributed by atoms with Crippen LogP contribution >= 0.6 is 11.8 Å². The molecule has 2 saturated heterocycles. The van der Waals surface area contributed by atoms with Gasteiger partial charge in [-0.2, -0.15) is 11.8 Å². The zero-order valence-corrected chi connectivity index (χ0v) is 7.56. The molecule has 2 nitrogen and oxygen atoms in total. The van der Waals surface area contributed by atoms with Crippen LogP contribution in [0.15, 0.2) is 0 Å². The number of hydrogen-bond acceptors (Lipinski definition) is 2. The smallest absolute Gasteiger partial charge is 0.222 e. The van der Waals surface area contributed by atoms with Crippen molar-refractivity contribution in [3.8, 4) is 0 Å². The molecule has 2 bridgehead atoms. The van der Waals surface area contributed by atoms with Crippen LogP contribution in [-0.4, -0.2) is 34.4 Å². The van der Waals surface area contributed by atoms with Crippen LogP contribution in [0.1, 0.15) is 19.8 Å². The third-order valence-electron chi connectivity index (χ3n) is 2.52. The summed E-state index contributed by atoms with van der Waals surface area (Å²) in [5.41, 5.74) is 0. The number of amides is 1. The van der Waals surface area contributed by atoms with Gasteiger partial charge in [-0.05, 0) is 6.42 Å². The second kappa shape index (κ2) is 2.70. The summed E-state index contributed by atoms with van der Waals surface area (Å²) in [5.74, 6) is 1.52. The van der Waals surface area contributed by atoms with E-state index in [2.05, 4.69) is 4.90 Å². The van der Waals surface area contributed by atoms with Crippen molar-refractivity contribution in [2.75, 3.05) is 12.3 Å². The van der Waals surface area contributed by atoms with Gasteiger partial charge in [0.2, 0.25) is 5.91 Å². The minimum atomic E-state index is 0.345. The molecular formula is C8H13NOS. The molecular weight excluding hydrogens is 158 g/mol. The summed E-state index contributed by atoms with van der Waals surface area (Å²) >= 11 is 2.03. The Balaban J connectivity index is 2.02. The van der Waals surface area contributed by atoms with Crippen LogP contribution < -0.4 is 0 Å². The molecule has 3 heteroatoms. The Labute approximate surface area is 71.3 Å². The lowest BCUT2D eigenvalue weighted by Crippen LogP contribution is -2.38. The van der Waals surface area contributed by atoms with E-state index in [4.69, 9.17) is 0 Å². The Morgan fingerprint density at radius 3 is 3.00 bits per heavy atom. The SMILES string of the molecule is CCC(=O)N1CC2CC1CS2. The van der Waals surface area contributed by atoms with E-state index in [1.54, 1.807) is 0 Å². The number of hydrogen-bond donors (Lipinski definition) is 0. The van der Waals surface area contributed by atoms with Crippen molar-refractivity contribution in [2.45, 2.75) is 31.1 Å². The van der Waals surface area contributed by atoms with Gasteiger partial charge in [-0.25, -0.2) is 0 Å². The fourth-order valence-electron chi connectivity index (χ4n) is 1.91. The van der Waals surface area contributed by atoms with E-state index in [-0.39, 0.29) is 0 Å². The number of likely N-dealkylation sites (tertiary alicyclic amines) is 1. The molecule has 0 aromatic rings. The molecule has 2 unspecified atom stereocenters. The summed E-state index contributed by atoms with van der Waals surface area (Å²) in [6.45, 7) is 2.96. The van der Waals surface area contributed by atoms with E-state index in [1.807, 2.05) is 18.7 Å². The van der Waals surface area contributed by atoms with Crippen LogP contribution in [0.3, 0.4) is 0 Å². The average Bonchev–Trinajstić information content (AvgIpc) is 2.62. The first-order chi connectivity index (χ1) is 5.31. The molecule has 2 fully saturated rings. The topological polar surface area (TPSA) is 20.3 Å². The fraction of sp³-hybridized carbons (Fsp3) is 0.875. The zero-order chi connectivity index (χ0) is 7.84. The number of nitrogens with zero attached hydrogens (tertiary/aromatic N) is 1. The quantitative estimate of drug-likeness (QED) is 0.589. The Morgan fingerprint density at radius 1 is 1.73 bits per heavy atom. The molecule has 0 aromatic heterocycles. The summed E-state index contributed by atoms with van der Waals surface area (Å²) in [6, 6.07) is 0.581. The second-order valence-electron chi connectivity index (χ2n) is 3.24. The van der Waals surface area contributed by atoms with Gasteiger partial charge in [0.05, 0.1) is 0 Å². The highest BCUT2D eigenvalue weighted by atomic mass is 32.2. The Morgan fingerprint density at radius 2 is 2.55 bits per heavy atom. The van der Waals surface area contributed by atoms with Gasteiger partial charge < -0.3 is 4.90 Å². The summed E-state index contributed by atoms with van der Waals surface area (Å²) in [5, 5.41) is 0.760.